The van der Waals surface area contributed by atoms with E-state index in [1.807, 2.05) is 17.5 Å². The molecule has 2 aromatic rings. The molecule has 0 saturated carbocycles. The molecule has 0 bridgehead atoms. The summed E-state index contributed by atoms with van der Waals surface area (Å²) in [4.78, 5) is 24.0. The largest absolute Gasteiger partial charge is 0.478 e. The molecule has 1 heterocycles. The van der Waals surface area contributed by atoms with Crippen molar-refractivity contribution < 1.29 is 19.1 Å². The van der Waals surface area contributed by atoms with Crippen molar-refractivity contribution in [2.24, 2.45) is 0 Å². The molecule has 1 aromatic carbocycles. The van der Waals surface area contributed by atoms with Gasteiger partial charge in [-0.1, -0.05) is 12.1 Å². The van der Waals surface area contributed by atoms with E-state index in [-0.39, 0.29) is 18.0 Å². The summed E-state index contributed by atoms with van der Waals surface area (Å²) in [6, 6.07) is 7.74. The van der Waals surface area contributed by atoms with Crippen LogP contribution in [0.5, 0.6) is 0 Å². The Balaban J connectivity index is 1.93. The van der Waals surface area contributed by atoms with Gasteiger partial charge >= 0.3 is 5.97 Å². The third kappa shape index (κ3) is 4.13. The fourth-order valence-electron chi connectivity index (χ4n) is 1.94. The molecule has 6 heteroatoms. The van der Waals surface area contributed by atoms with Crippen LogP contribution in [0.15, 0.2) is 35.7 Å². The van der Waals surface area contributed by atoms with Crippen LogP contribution in [0.1, 0.15) is 28.1 Å². The maximum Gasteiger partial charge on any atom is 0.340 e. The molecule has 0 unspecified atom stereocenters. The van der Waals surface area contributed by atoms with Gasteiger partial charge in [-0.2, -0.15) is 0 Å². The molecule has 21 heavy (non-hydrogen) atoms. The summed E-state index contributed by atoms with van der Waals surface area (Å²) in [7, 11) is 0. The second kappa shape index (κ2) is 6.99. The summed E-state index contributed by atoms with van der Waals surface area (Å²) in [6.45, 7) is 0. The summed E-state index contributed by atoms with van der Waals surface area (Å²) >= 11 is 1.63. The molecule has 0 saturated heterocycles. The van der Waals surface area contributed by atoms with E-state index in [4.69, 9.17) is 5.11 Å². The number of carbonyl (C=O) groups excluding carboxylic acids is 1. The monoisotopic (exact) mass is 307 g/mol. The maximum atomic E-state index is 13.5. The Morgan fingerprint density at radius 3 is 2.71 bits per heavy atom. The molecule has 2 N–H and O–H groups in total. The van der Waals surface area contributed by atoms with Crippen molar-refractivity contribution in [3.05, 3.63) is 52.0 Å². The minimum atomic E-state index is -1.40. The molecule has 110 valence electrons. The zero-order valence-electron chi connectivity index (χ0n) is 11.1. The van der Waals surface area contributed by atoms with Crippen molar-refractivity contribution in [2.75, 3.05) is 5.32 Å². The average Bonchev–Trinajstić information content (AvgIpc) is 2.91. The first kappa shape index (κ1) is 15.2. The molecular formula is C15H14FNO3S. The SMILES string of the molecule is O=C(CCCc1cccs1)Nc1cccc(F)c1C(=O)O. The van der Waals surface area contributed by atoms with Crippen LogP contribution in [0.2, 0.25) is 0 Å². The number of carboxylic acids is 1. The lowest BCUT2D eigenvalue weighted by Crippen LogP contribution is -2.15. The molecule has 0 radical (unpaired) electrons. The van der Waals surface area contributed by atoms with Gasteiger partial charge in [-0.25, -0.2) is 9.18 Å². The molecule has 1 aromatic heterocycles. The second-order valence-corrected chi connectivity index (χ2v) is 5.48. The summed E-state index contributed by atoms with van der Waals surface area (Å²) < 4.78 is 13.5. The van der Waals surface area contributed by atoms with E-state index in [0.29, 0.717) is 6.42 Å². The predicted molar refractivity (Wildman–Crippen MR) is 79.2 cm³/mol. The Labute approximate surface area is 125 Å². The van der Waals surface area contributed by atoms with Crippen LogP contribution in [0.4, 0.5) is 10.1 Å². The molecule has 1 amide bonds. The molecule has 0 aliphatic heterocycles. The number of halogens is 1. The lowest BCUT2D eigenvalue weighted by molar-refractivity contribution is -0.116. The van der Waals surface area contributed by atoms with Crippen LogP contribution in [-0.2, 0) is 11.2 Å². The minimum Gasteiger partial charge on any atom is -0.478 e. The number of anilines is 1. The first-order valence-electron chi connectivity index (χ1n) is 6.42. The highest BCUT2D eigenvalue weighted by atomic mass is 32.1. The summed E-state index contributed by atoms with van der Waals surface area (Å²) in [5.74, 6) is -2.58. The normalized spacial score (nSPS) is 10.3. The minimum absolute atomic E-state index is 0.0105. The molecule has 0 atom stereocenters. The standard InChI is InChI=1S/C15H14FNO3S/c16-11-6-2-7-12(14(11)15(19)20)17-13(18)8-1-4-10-5-3-9-21-10/h2-3,5-7,9H,1,4,8H2,(H,17,18)(H,19,20). The zero-order valence-corrected chi connectivity index (χ0v) is 12.0. The summed E-state index contributed by atoms with van der Waals surface area (Å²) in [5.41, 5.74) is -0.521. The molecule has 2 rings (SSSR count). The number of hydrogen-bond acceptors (Lipinski definition) is 3. The van der Waals surface area contributed by atoms with Crippen molar-refractivity contribution in [3.8, 4) is 0 Å². The first-order valence-corrected chi connectivity index (χ1v) is 7.30. The lowest BCUT2D eigenvalue weighted by atomic mass is 10.1. The van der Waals surface area contributed by atoms with Gasteiger partial charge < -0.3 is 10.4 Å². The van der Waals surface area contributed by atoms with Crippen molar-refractivity contribution in [1.29, 1.82) is 0 Å². The van der Waals surface area contributed by atoms with Gasteiger partial charge in [0.05, 0.1) is 5.69 Å². The molecule has 0 spiro atoms. The van der Waals surface area contributed by atoms with Crippen LogP contribution < -0.4 is 5.32 Å². The van der Waals surface area contributed by atoms with Gasteiger partial charge in [-0.05, 0) is 36.4 Å². The maximum absolute atomic E-state index is 13.5. The van der Waals surface area contributed by atoms with Gasteiger partial charge in [-0.3, -0.25) is 4.79 Å². The van der Waals surface area contributed by atoms with Crippen LogP contribution >= 0.6 is 11.3 Å². The van der Waals surface area contributed by atoms with E-state index in [1.165, 1.54) is 17.0 Å². The smallest absolute Gasteiger partial charge is 0.340 e. The van der Waals surface area contributed by atoms with Crippen molar-refractivity contribution >= 4 is 28.9 Å². The number of aromatic carboxylic acids is 1. The number of carboxylic acid groups (broad SMARTS) is 1. The number of aryl methyl sites for hydroxylation is 1. The number of amides is 1. The van der Waals surface area contributed by atoms with Crippen molar-refractivity contribution in [3.63, 3.8) is 0 Å². The van der Waals surface area contributed by atoms with E-state index in [9.17, 15) is 14.0 Å². The predicted octanol–water partition coefficient (Wildman–Crippen LogP) is 3.55. The quantitative estimate of drug-likeness (QED) is 0.857. The highest BCUT2D eigenvalue weighted by Gasteiger charge is 2.17. The zero-order chi connectivity index (χ0) is 15.2. The first-order chi connectivity index (χ1) is 10.1. The Morgan fingerprint density at radius 2 is 2.05 bits per heavy atom. The van der Waals surface area contributed by atoms with Gasteiger partial charge in [0, 0.05) is 11.3 Å². The number of carbonyl (C=O) groups is 2. The number of thiophene rings is 1. The third-order valence-electron chi connectivity index (χ3n) is 2.91. The third-order valence-corrected chi connectivity index (χ3v) is 3.84. The molecular weight excluding hydrogens is 293 g/mol. The van der Waals surface area contributed by atoms with Gasteiger partial charge in [0.15, 0.2) is 0 Å². The van der Waals surface area contributed by atoms with Gasteiger partial charge in [0.25, 0.3) is 0 Å². The topological polar surface area (TPSA) is 66.4 Å². The van der Waals surface area contributed by atoms with Gasteiger partial charge in [-0.15, -0.1) is 11.3 Å². The Bertz CT molecular complexity index is 640. The summed E-state index contributed by atoms with van der Waals surface area (Å²) in [6.07, 6.45) is 1.71. The molecule has 0 aliphatic carbocycles. The Kier molecular flexibility index (Phi) is 5.05. The highest BCUT2D eigenvalue weighted by Crippen LogP contribution is 2.19. The van der Waals surface area contributed by atoms with Crippen LogP contribution in [0.3, 0.4) is 0 Å². The second-order valence-electron chi connectivity index (χ2n) is 4.45. The number of nitrogens with one attached hydrogen (secondary N) is 1. The fourth-order valence-corrected chi connectivity index (χ4v) is 2.69. The van der Waals surface area contributed by atoms with E-state index >= 15 is 0 Å². The van der Waals surface area contributed by atoms with E-state index in [0.717, 1.165) is 12.5 Å². The summed E-state index contributed by atoms with van der Waals surface area (Å²) in [5, 5.41) is 13.4. The van der Waals surface area contributed by atoms with E-state index in [2.05, 4.69) is 5.32 Å². The van der Waals surface area contributed by atoms with Gasteiger partial charge in [0.1, 0.15) is 11.4 Å². The Hall–Kier alpha value is -2.21. The van der Waals surface area contributed by atoms with Crippen molar-refractivity contribution in [1.82, 2.24) is 0 Å². The molecule has 0 fully saturated rings. The fraction of sp³-hybridized carbons (Fsp3) is 0.200. The van der Waals surface area contributed by atoms with Crippen LogP contribution in [0.25, 0.3) is 0 Å². The molecule has 0 aliphatic rings. The van der Waals surface area contributed by atoms with Crippen molar-refractivity contribution in [2.45, 2.75) is 19.3 Å². The van der Waals surface area contributed by atoms with E-state index < -0.39 is 17.3 Å². The lowest BCUT2D eigenvalue weighted by Gasteiger charge is -2.08. The number of benzene rings is 1. The molecule has 4 nitrogen and oxygen atoms in total. The van der Waals surface area contributed by atoms with E-state index in [1.54, 1.807) is 11.3 Å². The number of rotatable bonds is 6. The van der Waals surface area contributed by atoms with Crippen LogP contribution in [-0.4, -0.2) is 17.0 Å². The van der Waals surface area contributed by atoms with Crippen LogP contribution in [0, 0.1) is 5.82 Å². The highest BCUT2D eigenvalue weighted by molar-refractivity contribution is 7.09. The Morgan fingerprint density at radius 1 is 1.24 bits per heavy atom. The number of hydrogen-bond donors (Lipinski definition) is 2. The van der Waals surface area contributed by atoms with Gasteiger partial charge in [0.2, 0.25) is 5.91 Å². The average molecular weight is 307 g/mol.